The third-order valence-electron chi connectivity index (χ3n) is 2.99. The molecule has 0 atom stereocenters. The molecule has 0 saturated carbocycles. The summed E-state index contributed by atoms with van der Waals surface area (Å²) in [5.74, 6) is 0.396. The third kappa shape index (κ3) is 5.32. The standard InChI is InChI=1S/C14H19N5O3S2/c1-2-7-18-24(21,22)12-5-3-11(4-6-12)13(20)15-8-9-23-14-16-10-17-19-14/h3-6,10,18H,2,7-9H2,1H3,(H,15,20)(H,16,17,19). The summed E-state index contributed by atoms with van der Waals surface area (Å²) in [4.78, 5) is 16.1. The van der Waals surface area contributed by atoms with Crippen LogP contribution in [0.5, 0.6) is 0 Å². The second-order valence-corrected chi connectivity index (χ2v) is 7.67. The van der Waals surface area contributed by atoms with Gasteiger partial charge in [-0.15, -0.1) is 0 Å². The van der Waals surface area contributed by atoms with Crippen molar-refractivity contribution in [1.82, 2.24) is 25.2 Å². The molecule has 0 aliphatic heterocycles. The topological polar surface area (TPSA) is 117 Å². The average Bonchev–Trinajstić information content (AvgIpc) is 3.10. The van der Waals surface area contributed by atoms with Crippen LogP contribution in [-0.2, 0) is 10.0 Å². The van der Waals surface area contributed by atoms with Gasteiger partial charge in [-0.1, -0.05) is 18.7 Å². The number of hydrogen-bond donors (Lipinski definition) is 3. The SMILES string of the molecule is CCCNS(=O)(=O)c1ccc(C(=O)NCCSc2ncn[nH]2)cc1. The van der Waals surface area contributed by atoms with E-state index < -0.39 is 10.0 Å². The summed E-state index contributed by atoms with van der Waals surface area (Å²) in [5.41, 5.74) is 0.411. The number of hydrogen-bond acceptors (Lipinski definition) is 6. The monoisotopic (exact) mass is 369 g/mol. The number of aromatic amines is 1. The van der Waals surface area contributed by atoms with Gasteiger partial charge in [0.1, 0.15) is 6.33 Å². The first-order valence-corrected chi connectivity index (χ1v) is 9.86. The van der Waals surface area contributed by atoms with E-state index in [0.29, 0.717) is 36.0 Å². The molecule has 0 bridgehead atoms. The minimum absolute atomic E-state index is 0.147. The summed E-state index contributed by atoms with van der Waals surface area (Å²) in [7, 11) is -3.51. The zero-order chi connectivity index (χ0) is 17.4. The molecule has 1 aromatic heterocycles. The predicted molar refractivity (Wildman–Crippen MR) is 91.4 cm³/mol. The Hall–Kier alpha value is -1.91. The molecule has 24 heavy (non-hydrogen) atoms. The summed E-state index contributed by atoms with van der Waals surface area (Å²) in [6, 6.07) is 5.85. The van der Waals surface area contributed by atoms with Crippen molar-refractivity contribution in [2.24, 2.45) is 0 Å². The van der Waals surface area contributed by atoms with Crippen molar-refractivity contribution in [2.75, 3.05) is 18.8 Å². The maximum atomic E-state index is 12.0. The number of nitrogens with zero attached hydrogens (tertiary/aromatic N) is 2. The van der Waals surface area contributed by atoms with Crippen molar-refractivity contribution in [1.29, 1.82) is 0 Å². The second kappa shape index (κ2) is 8.81. The van der Waals surface area contributed by atoms with Crippen LogP contribution < -0.4 is 10.0 Å². The summed E-state index contributed by atoms with van der Waals surface area (Å²) in [6.45, 7) is 2.73. The Morgan fingerprint density at radius 3 is 2.62 bits per heavy atom. The Morgan fingerprint density at radius 2 is 2.00 bits per heavy atom. The lowest BCUT2D eigenvalue weighted by molar-refractivity contribution is 0.0956. The normalized spacial score (nSPS) is 11.4. The van der Waals surface area contributed by atoms with Crippen LogP contribution in [0.2, 0.25) is 0 Å². The third-order valence-corrected chi connectivity index (χ3v) is 5.34. The van der Waals surface area contributed by atoms with Crippen LogP contribution >= 0.6 is 11.8 Å². The highest BCUT2D eigenvalue weighted by atomic mass is 32.2. The minimum Gasteiger partial charge on any atom is -0.351 e. The van der Waals surface area contributed by atoms with Gasteiger partial charge in [-0.2, -0.15) is 5.10 Å². The summed E-state index contributed by atoms with van der Waals surface area (Å²) >= 11 is 1.45. The Labute approximate surface area is 144 Å². The van der Waals surface area contributed by atoms with Crippen molar-refractivity contribution >= 4 is 27.7 Å². The van der Waals surface area contributed by atoms with E-state index >= 15 is 0 Å². The summed E-state index contributed by atoms with van der Waals surface area (Å²) in [6.07, 6.45) is 2.14. The number of benzene rings is 1. The van der Waals surface area contributed by atoms with E-state index in [9.17, 15) is 13.2 Å². The van der Waals surface area contributed by atoms with E-state index in [2.05, 4.69) is 25.2 Å². The number of H-pyrrole nitrogens is 1. The van der Waals surface area contributed by atoms with E-state index in [-0.39, 0.29) is 10.8 Å². The van der Waals surface area contributed by atoms with Crippen LogP contribution in [0.1, 0.15) is 23.7 Å². The van der Waals surface area contributed by atoms with Gasteiger partial charge in [0, 0.05) is 24.4 Å². The fraction of sp³-hybridized carbons (Fsp3) is 0.357. The van der Waals surface area contributed by atoms with Crippen LogP contribution in [0.3, 0.4) is 0 Å². The number of carbonyl (C=O) groups excluding carboxylic acids is 1. The summed E-state index contributed by atoms with van der Waals surface area (Å²) < 4.78 is 26.4. The molecule has 0 radical (unpaired) electrons. The summed E-state index contributed by atoms with van der Waals surface area (Å²) in [5, 5.41) is 9.91. The number of amides is 1. The van der Waals surface area contributed by atoms with Gasteiger partial charge in [0.05, 0.1) is 4.90 Å². The lowest BCUT2D eigenvalue weighted by Crippen LogP contribution is -2.26. The van der Waals surface area contributed by atoms with Crippen LogP contribution in [0.15, 0.2) is 40.6 Å². The maximum absolute atomic E-state index is 12.0. The first-order valence-electron chi connectivity index (χ1n) is 7.39. The van der Waals surface area contributed by atoms with Crippen LogP contribution in [0.4, 0.5) is 0 Å². The highest BCUT2D eigenvalue weighted by Crippen LogP contribution is 2.11. The fourth-order valence-electron chi connectivity index (χ4n) is 1.78. The Balaban J connectivity index is 1.84. The van der Waals surface area contributed by atoms with Gasteiger partial charge in [0.2, 0.25) is 10.0 Å². The molecule has 1 aromatic carbocycles. The average molecular weight is 369 g/mol. The van der Waals surface area contributed by atoms with Crippen molar-refractivity contribution in [2.45, 2.75) is 23.4 Å². The van der Waals surface area contributed by atoms with Crippen molar-refractivity contribution in [3.63, 3.8) is 0 Å². The molecule has 0 aliphatic rings. The Bertz CT molecular complexity index is 745. The molecule has 10 heteroatoms. The smallest absolute Gasteiger partial charge is 0.251 e. The molecule has 2 rings (SSSR count). The van der Waals surface area contributed by atoms with Gasteiger partial charge < -0.3 is 5.32 Å². The molecule has 0 aliphatic carbocycles. The number of carbonyl (C=O) groups is 1. The number of sulfonamides is 1. The largest absolute Gasteiger partial charge is 0.351 e. The molecule has 130 valence electrons. The molecule has 1 amide bonds. The number of rotatable bonds is 9. The van der Waals surface area contributed by atoms with Gasteiger partial charge in [-0.05, 0) is 30.7 Å². The van der Waals surface area contributed by atoms with Crippen LogP contribution in [-0.4, -0.2) is 48.3 Å². The van der Waals surface area contributed by atoms with E-state index in [1.165, 1.54) is 42.4 Å². The van der Waals surface area contributed by atoms with Gasteiger partial charge >= 0.3 is 0 Å². The molecule has 0 spiro atoms. The lowest BCUT2D eigenvalue weighted by Gasteiger charge is -2.07. The zero-order valence-corrected chi connectivity index (χ0v) is 14.8. The predicted octanol–water partition coefficient (Wildman–Crippen LogP) is 1.02. The van der Waals surface area contributed by atoms with Crippen LogP contribution in [0, 0.1) is 0 Å². The molecule has 0 unspecified atom stereocenters. The molecular weight excluding hydrogens is 350 g/mol. The van der Waals surface area contributed by atoms with Gasteiger partial charge in [-0.25, -0.2) is 18.1 Å². The highest BCUT2D eigenvalue weighted by molar-refractivity contribution is 7.99. The van der Waals surface area contributed by atoms with E-state index in [1.807, 2.05) is 6.92 Å². The quantitative estimate of drug-likeness (QED) is 0.449. The fourth-order valence-corrected chi connectivity index (χ4v) is 3.55. The minimum atomic E-state index is -3.51. The molecule has 1 heterocycles. The Morgan fingerprint density at radius 1 is 1.25 bits per heavy atom. The highest BCUT2D eigenvalue weighted by Gasteiger charge is 2.14. The van der Waals surface area contributed by atoms with Crippen molar-refractivity contribution < 1.29 is 13.2 Å². The lowest BCUT2D eigenvalue weighted by atomic mass is 10.2. The van der Waals surface area contributed by atoms with Crippen molar-refractivity contribution in [3.05, 3.63) is 36.2 Å². The Kier molecular flexibility index (Phi) is 6.76. The van der Waals surface area contributed by atoms with Gasteiger partial charge in [-0.3, -0.25) is 9.89 Å². The maximum Gasteiger partial charge on any atom is 0.251 e. The molecule has 0 fully saturated rings. The van der Waals surface area contributed by atoms with Gasteiger partial charge in [0.25, 0.3) is 5.91 Å². The first kappa shape index (κ1) is 18.4. The van der Waals surface area contributed by atoms with Gasteiger partial charge in [0.15, 0.2) is 5.16 Å². The number of nitrogens with one attached hydrogen (secondary N) is 3. The molecular formula is C14H19N5O3S2. The molecule has 3 N–H and O–H groups in total. The number of thioether (sulfide) groups is 1. The second-order valence-electron chi connectivity index (χ2n) is 4.82. The first-order chi connectivity index (χ1) is 11.5. The zero-order valence-electron chi connectivity index (χ0n) is 13.2. The van der Waals surface area contributed by atoms with E-state index in [0.717, 1.165) is 0 Å². The molecule has 8 nitrogen and oxygen atoms in total. The van der Waals surface area contributed by atoms with E-state index in [1.54, 1.807) is 0 Å². The molecule has 0 saturated heterocycles. The van der Waals surface area contributed by atoms with Crippen LogP contribution in [0.25, 0.3) is 0 Å². The van der Waals surface area contributed by atoms with E-state index in [4.69, 9.17) is 0 Å². The molecule has 2 aromatic rings. The number of aromatic nitrogens is 3. The van der Waals surface area contributed by atoms with Crippen molar-refractivity contribution in [3.8, 4) is 0 Å².